The molecule has 0 bridgehead atoms. The molecular weight excluding hydrogens is 400 g/mol. The largest absolute Gasteiger partial charge is 0.497 e. The first kappa shape index (κ1) is 20.3. The van der Waals surface area contributed by atoms with Crippen molar-refractivity contribution >= 4 is 16.9 Å². The Kier molecular flexibility index (Phi) is 5.17. The first-order valence-electron chi connectivity index (χ1n) is 10.9. The minimum atomic E-state index is -0.326. The van der Waals surface area contributed by atoms with Crippen LogP contribution in [-0.4, -0.2) is 29.7 Å². The van der Waals surface area contributed by atoms with Gasteiger partial charge in [-0.2, -0.15) is 0 Å². The second-order valence-electron chi connectivity index (χ2n) is 8.44. The van der Waals surface area contributed by atoms with Gasteiger partial charge in [0.15, 0.2) is 0 Å². The van der Waals surface area contributed by atoms with Crippen LogP contribution in [0.25, 0.3) is 22.0 Å². The highest BCUT2D eigenvalue weighted by atomic mass is 16.5. The fraction of sp³-hybridized carbons (Fsp3) is 0.259. The molecule has 1 saturated carbocycles. The molecule has 0 atom stereocenters. The smallest absolute Gasteiger partial charge is 0.339 e. The zero-order valence-electron chi connectivity index (χ0n) is 18.6. The second-order valence-corrected chi connectivity index (χ2v) is 8.44. The molecule has 1 aliphatic carbocycles. The number of hydrogen-bond donors (Lipinski definition) is 0. The van der Waals surface area contributed by atoms with E-state index in [0.29, 0.717) is 17.9 Å². The highest BCUT2D eigenvalue weighted by Crippen LogP contribution is 2.40. The third-order valence-corrected chi connectivity index (χ3v) is 6.25. The highest BCUT2D eigenvalue weighted by molar-refractivity contribution is 5.97. The van der Waals surface area contributed by atoms with Crippen LogP contribution in [0.3, 0.4) is 0 Å². The van der Waals surface area contributed by atoms with Crippen LogP contribution in [0.4, 0.5) is 0 Å². The minimum absolute atomic E-state index is 0.326. The Bertz CT molecular complexity index is 1320. The van der Waals surface area contributed by atoms with E-state index >= 15 is 0 Å². The number of nitrogens with zero attached hydrogens (tertiary/aromatic N) is 2. The first-order valence-corrected chi connectivity index (χ1v) is 10.9. The van der Waals surface area contributed by atoms with Crippen LogP contribution in [0.5, 0.6) is 5.75 Å². The zero-order valence-corrected chi connectivity index (χ0v) is 18.6. The normalized spacial score (nSPS) is 13.3. The van der Waals surface area contributed by atoms with Crippen LogP contribution in [0.1, 0.15) is 45.9 Å². The summed E-state index contributed by atoms with van der Waals surface area (Å²) in [6.45, 7) is 0. The number of aromatic nitrogens is 2. The summed E-state index contributed by atoms with van der Waals surface area (Å²) in [4.78, 5) is 17.1. The van der Waals surface area contributed by atoms with Crippen molar-refractivity contribution in [2.75, 3.05) is 14.2 Å². The maximum absolute atomic E-state index is 12.5. The number of esters is 1. The molecule has 0 aliphatic heterocycles. The van der Waals surface area contributed by atoms with Gasteiger partial charge in [0.1, 0.15) is 5.75 Å². The van der Waals surface area contributed by atoms with Gasteiger partial charge in [0.25, 0.3) is 0 Å². The number of hydrogen-bond acceptors (Lipinski definition) is 4. The standard InChI is InChI=1S/C27H26N2O3/c1-29-16-24(19-5-4-6-21(13-19)31-2)22-11-17(7-10-26(22)29)12-25-23(27(30)32-3)14-20(15-28-25)18-8-9-18/h4-7,10-11,13-16,18H,8-9,12H2,1-3H3. The van der Waals surface area contributed by atoms with E-state index in [-0.39, 0.29) is 5.97 Å². The van der Waals surface area contributed by atoms with Crippen molar-refractivity contribution in [1.82, 2.24) is 9.55 Å². The topological polar surface area (TPSA) is 53.4 Å². The minimum Gasteiger partial charge on any atom is -0.497 e. The van der Waals surface area contributed by atoms with Crippen molar-refractivity contribution in [3.8, 4) is 16.9 Å². The lowest BCUT2D eigenvalue weighted by Gasteiger charge is -2.10. The van der Waals surface area contributed by atoms with E-state index in [4.69, 9.17) is 9.47 Å². The Hall–Kier alpha value is -3.60. The second kappa shape index (κ2) is 8.15. The van der Waals surface area contributed by atoms with Crippen molar-refractivity contribution in [3.05, 3.63) is 83.3 Å². The summed E-state index contributed by atoms with van der Waals surface area (Å²) in [5, 5.41) is 1.16. The predicted molar refractivity (Wildman–Crippen MR) is 125 cm³/mol. The number of pyridine rings is 1. The van der Waals surface area contributed by atoms with Crippen molar-refractivity contribution in [2.45, 2.75) is 25.2 Å². The number of ether oxygens (including phenoxy) is 2. The number of aryl methyl sites for hydroxylation is 1. The summed E-state index contributed by atoms with van der Waals surface area (Å²) in [6.07, 6.45) is 6.96. The summed E-state index contributed by atoms with van der Waals surface area (Å²) >= 11 is 0. The number of benzene rings is 2. The zero-order chi connectivity index (χ0) is 22.2. The Morgan fingerprint density at radius 3 is 2.72 bits per heavy atom. The molecule has 2 aromatic carbocycles. The van der Waals surface area contributed by atoms with E-state index in [9.17, 15) is 4.79 Å². The molecule has 1 aliphatic rings. The van der Waals surface area contributed by atoms with Gasteiger partial charge in [0.05, 0.1) is 25.5 Å². The number of methoxy groups -OCH3 is 2. The van der Waals surface area contributed by atoms with Gasteiger partial charge in [-0.25, -0.2) is 4.79 Å². The molecule has 32 heavy (non-hydrogen) atoms. The van der Waals surface area contributed by atoms with Crippen LogP contribution < -0.4 is 4.74 Å². The molecule has 162 valence electrons. The van der Waals surface area contributed by atoms with Crippen molar-refractivity contribution in [1.29, 1.82) is 0 Å². The quantitative estimate of drug-likeness (QED) is 0.382. The number of rotatable bonds is 6. The van der Waals surface area contributed by atoms with Gasteiger partial charge in [0, 0.05) is 42.3 Å². The molecule has 2 heterocycles. The van der Waals surface area contributed by atoms with E-state index in [2.05, 4.69) is 53.1 Å². The molecule has 0 saturated heterocycles. The Balaban J connectivity index is 1.55. The Labute approximate surface area is 187 Å². The molecule has 0 unspecified atom stereocenters. The van der Waals surface area contributed by atoms with Crippen molar-refractivity contribution in [3.63, 3.8) is 0 Å². The average molecular weight is 427 g/mol. The van der Waals surface area contributed by atoms with Crippen LogP contribution in [0.15, 0.2) is 60.9 Å². The van der Waals surface area contributed by atoms with Gasteiger partial charge in [-0.1, -0.05) is 18.2 Å². The summed E-state index contributed by atoms with van der Waals surface area (Å²) < 4.78 is 12.6. The lowest BCUT2D eigenvalue weighted by molar-refractivity contribution is 0.0599. The molecule has 0 amide bonds. The average Bonchev–Trinajstić information content (AvgIpc) is 3.62. The number of carbonyl (C=O) groups is 1. The fourth-order valence-electron chi connectivity index (χ4n) is 4.34. The third-order valence-electron chi connectivity index (χ3n) is 6.25. The highest BCUT2D eigenvalue weighted by Gasteiger charge is 2.26. The Morgan fingerprint density at radius 1 is 1.12 bits per heavy atom. The maximum atomic E-state index is 12.5. The summed E-state index contributed by atoms with van der Waals surface area (Å²) in [5.41, 5.74) is 6.95. The summed E-state index contributed by atoms with van der Waals surface area (Å²) in [6, 6.07) is 16.5. The molecule has 2 aromatic heterocycles. The molecule has 5 nitrogen and oxygen atoms in total. The van der Waals surface area contributed by atoms with Gasteiger partial charge in [-0.05, 0) is 65.8 Å². The lowest BCUT2D eigenvalue weighted by Crippen LogP contribution is -2.09. The van der Waals surface area contributed by atoms with Crippen LogP contribution in [0.2, 0.25) is 0 Å². The van der Waals surface area contributed by atoms with E-state index in [0.717, 1.165) is 44.6 Å². The van der Waals surface area contributed by atoms with Crippen LogP contribution in [-0.2, 0) is 18.2 Å². The van der Waals surface area contributed by atoms with E-state index < -0.39 is 0 Å². The number of carbonyl (C=O) groups excluding carboxylic acids is 1. The molecule has 5 rings (SSSR count). The van der Waals surface area contributed by atoms with Crippen LogP contribution >= 0.6 is 0 Å². The molecule has 0 spiro atoms. The van der Waals surface area contributed by atoms with Gasteiger partial charge >= 0.3 is 5.97 Å². The van der Waals surface area contributed by atoms with Gasteiger partial charge in [-0.3, -0.25) is 4.98 Å². The number of fused-ring (bicyclic) bond motifs is 1. The predicted octanol–water partition coefficient (Wildman–Crippen LogP) is 5.50. The maximum Gasteiger partial charge on any atom is 0.339 e. The van der Waals surface area contributed by atoms with E-state index in [1.54, 1.807) is 7.11 Å². The van der Waals surface area contributed by atoms with Crippen molar-refractivity contribution < 1.29 is 14.3 Å². The molecule has 1 fully saturated rings. The SMILES string of the molecule is COC(=O)c1cc(C2CC2)cnc1Cc1ccc2c(c1)c(-c1cccc(OC)c1)cn2C. The van der Waals surface area contributed by atoms with E-state index in [1.165, 1.54) is 20.0 Å². The monoisotopic (exact) mass is 426 g/mol. The molecule has 4 aromatic rings. The lowest BCUT2D eigenvalue weighted by atomic mass is 9.99. The van der Waals surface area contributed by atoms with Gasteiger partial charge < -0.3 is 14.0 Å². The molecule has 0 radical (unpaired) electrons. The van der Waals surface area contributed by atoms with Gasteiger partial charge in [0.2, 0.25) is 0 Å². The van der Waals surface area contributed by atoms with E-state index in [1.807, 2.05) is 24.4 Å². The van der Waals surface area contributed by atoms with Crippen LogP contribution in [0, 0.1) is 0 Å². The summed E-state index contributed by atoms with van der Waals surface area (Å²) in [7, 11) is 5.16. The molecule has 5 heteroatoms. The summed E-state index contributed by atoms with van der Waals surface area (Å²) in [5.74, 6) is 1.04. The Morgan fingerprint density at radius 2 is 1.97 bits per heavy atom. The fourth-order valence-corrected chi connectivity index (χ4v) is 4.34. The van der Waals surface area contributed by atoms with Gasteiger partial charge in [-0.15, -0.1) is 0 Å². The molecular formula is C27H26N2O3. The van der Waals surface area contributed by atoms with Crippen molar-refractivity contribution in [2.24, 2.45) is 7.05 Å². The third kappa shape index (κ3) is 3.75. The first-order chi connectivity index (χ1) is 15.6. The molecule has 0 N–H and O–H groups in total.